The zero-order valence-corrected chi connectivity index (χ0v) is 25.2. The molecule has 2 N–H and O–H groups in total. The Morgan fingerprint density at radius 2 is 1.74 bits per heavy atom. The number of nitrogens with one attached hydrogen (secondary N) is 2. The number of esters is 1. The largest absolute Gasteiger partial charge is 0.494 e. The third-order valence-corrected chi connectivity index (χ3v) is 7.25. The van der Waals surface area contributed by atoms with Gasteiger partial charge in [-0.05, 0) is 73.2 Å². The highest BCUT2D eigenvalue weighted by Crippen LogP contribution is 2.38. The van der Waals surface area contributed by atoms with Crippen molar-refractivity contribution in [3.05, 3.63) is 111 Å². The molecule has 4 aromatic carbocycles. The van der Waals surface area contributed by atoms with E-state index >= 15 is 0 Å². The SMILES string of the molecule is CCOc1ccc2[nH]c(C(=O)NN=Cc3ccc(OC(=O)c4ccc(Cl)cc4Cl)c(OC)c3)c(-c3ccccc3Cl)c2c1. The van der Waals surface area contributed by atoms with Crippen LogP contribution in [0, 0.1) is 0 Å². The summed E-state index contributed by atoms with van der Waals surface area (Å²) in [4.78, 5) is 29.2. The van der Waals surface area contributed by atoms with E-state index in [1.165, 1.54) is 25.5 Å². The monoisotopic (exact) mass is 635 g/mol. The van der Waals surface area contributed by atoms with E-state index in [9.17, 15) is 9.59 Å². The van der Waals surface area contributed by atoms with Gasteiger partial charge in [0.25, 0.3) is 5.91 Å². The van der Waals surface area contributed by atoms with Gasteiger partial charge in [-0.2, -0.15) is 5.10 Å². The van der Waals surface area contributed by atoms with Crippen LogP contribution in [0.15, 0.2) is 84.0 Å². The van der Waals surface area contributed by atoms with Crippen molar-refractivity contribution in [1.82, 2.24) is 10.4 Å². The van der Waals surface area contributed by atoms with Crippen LogP contribution in [0.3, 0.4) is 0 Å². The second-order valence-electron chi connectivity index (χ2n) is 9.12. The van der Waals surface area contributed by atoms with Gasteiger partial charge in [0, 0.05) is 32.1 Å². The molecular formula is C32H24Cl3N3O5. The third kappa shape index (κ3) is 6.62. The number of carbonyl (C=O) groups excluding carboxylic acids is 2. The fraction of sp³-hybridized carbons (Fsp3) is 0.0938. The van der Waals surface area contributed by atoms with E-state index in [4.69, 9.17) is 49.0 Å². The maximum Gasteiger partial charge on any atom is 0.345 e. The number of hydrogen-bond acceptors (Lipinski definition) is 6. The number of halogens is 3. The van der Waals surface area contributed by atoms with Gasteiger partial charge in [-0.1, -0.05) is 53.0 Å². The van der Waals surface area contributed by atoms with Gasteiger partial charge in [0.1, 0.15) is 11.4 Å². The van der Waals surface area contributed by atoms with Crippen LogP contribution in [-0.4, -0.2) is 36.8 Å². The number of aromatic nitrogens is 1. The van der Waals surface area contributed by atoms with Crippen LogP contribution in [0.25, 0.3) is 22.0 Å². The summed E-state index contributed by atoms with van der Waals surface area (Å²) in [5, 5.41) is 5.97. The number of rotatable bonds is 9. The molecule has 5 aromatic rings. The number of nitrogens with zero attached hydrogens (tertiary/aromatic N) is 1. The lowest BCUT2D eigenvalue weighted by Crippen LogP contribution is -2.19. The lowest BCUT2D eigenvalue weighted by molar-refractivity contribution is 0.0729. The Balaban J connectivity index is 1.38. The fourth-order valence-corrected chi connectivity index (χ4v) is 5.14. The molecule has 0 spiro atoms. The number of hydrazone groups is 1. The molecule has 0 radical (unpaired) electrons. The van der Waals surface area contributed by atoms with Crippen molar-refractivity contribution in [3.63, 3.8) is 0 Å². The molecule has 1 aromatic heterocycles. The van der Waals surface area contributed by atoms with Crippen molar-refractivity contribution < 1.29 is 23.8 Å². The zero-order chi connectivity index (χ0) is 30.5. The van der Waals surface area contributed by atoms with E-state index in [-0.39, 0.29) is 27.8 Å². The van der Waals surface area contributed by atoms with E-state index in [2.05, 4.69) is 15.5 Å². The Kier molecular flexibility index (Phi) is 9.21. The number of carbonyl (C=O) groups is 2. The van der Waals surface area contributed by atoms with Crippen LogP contribution < -0.4 is 19.6 Å². The molecule has 0 bridgehead atoms. The quantitative estimate of drug-likeness (QED) is 0.0735. The molecular weight excluding hydrogens is 613 g/mol. The second-order valence-corrected chi connectivity index (χ2v) is 10.4. The van der Waals surface area contributed by atoms with Crippen LogP contribution in [0.4, 0.5) is 0 Å². The molecule has 0 aliphatic rings. The van der Waals surface area contributed by atoms with Gasteiger partial charge in [-0.25, -0.2) is 10.2 Å². The van der Waals surface area contributed by atoms with Gasteiger partial charge in [-0.15, -0.1) is 0 Å². The van der Waals surface area contributed by atoms with Crippen molar-refractivity contribution in [3.8, 4) is 28.4 Å². The van der Waals surface area contributed by atoms with Gasteiger partial charge in [0.2, 0.25) is 0 Å². The molecule has 0 atom stereocenters. The van der Waals surface area contributed by atoms with Gasteiger partial charge >= 0.3 is 5.97 Å². The standard InChI is InChI=1S/C32H24Cl3N3O5/c1-3-42-20-10-12-26-23(16-20)29(21-6-4-5-7-24(21)34)30(37-26)31(39)38-36-17-18-8-13-27(28(14-18)41-2)43-32(40)22-11-9-19(33)15-25(22)35/h4-17,37H,3H2,1-2H3,(H,38,39). The molecule has 0 fully saturated rings. The first kappa shape index (κ1) is 30.0. The smallest absolute Gasteiger partial charge is 0.345 e. The molecule has 0 aliphatic heterocycles. The van der Waals surface area contributed by atoms with Gasteiger partial charge < -0.3 is 19.2 Å². The predicted octanol–water partition coefficient (Wildman–Crippen LogP) is 8.19. The Morgan fingerprint density at radius 3 is 2.49 bits per heavy atom. The Labute approximate surface area is 262 Å². The van der Waals surface area contributed by atoms with E-state index in [1.54, 1.807) is 30.3 Å². The first-order valence-electron chi connectivity index (χ1n) is 13.0. The van der Waals surface area contributed by atoms with Crippen molar-refractivity contribution in [1.29, 1.82) is 0 Å². The Bertz CT molecular complexity index is 1870. The Morgan fingerprint density at radius 1 is 0.930 bits per heavy atom. The molecule has 0 aliphatic carbocycles. The van der Waals surface area contributed by atoms with Crippen LogP contribution in [0.2, 0.25) is 15.1 Å². The average molecular weight is 637 g/mol. The van der Waals surface area contributed by atoms with E-state index < -0.39 is 11.9 Å². The minimum absolute atomic E-state index is 0.156. The summed E-state index contributed by atoms with van der Waals surface area (Å²) in [6.45, 7) is 2.41. The minimum Gasteiger partial charge on any atom is -0.494 e. The first-order valence-corrected chi connectivity index (χ1v) is 14.1. The van der Waals surface area contributed by atoms with Crippen molar-refractivity contribution in [2.45, 2.75) is 6.92 Å². The summed E-state index contributed by atoms with van der Waals surface area (Å²) in [5.74, 6) is -0.0250. The maximum atomic E-state index is 13.4. The highest BCUT2D eigenvalue weighted by Gasteiger charge is 2.21. The molecule has 1 amide bonds. The zero-order valence-electron chi connectivity index (χ0n) is 22.9. The number of ether oxygens (including phenoxy) is 3. The van der Waals surface area contributed by atoms with E-state index in [0.717, 1.165) is 10.9 Å². The number of aromatic amines is 1. The molecule has 43 heavy (non-hydrogen) atoms. The van der Waals surface area contributed by atoms with E-state index in [1.807, 2.05) is 43.3 Å². The fourth-order valence-electron chi connectivity index (χ4n) is 4.42. The summed E-state index contributed by atoms with van der Waals surface area (Å²) >= 11 is 18.6. The molecule has 0 saturated heterocycles. The number of hydrogen-bond donors (Lipinski definition) is 2. The summed E-state index contributed by atoms with van der Waals surface area (Å²) in [6, 6.07) is 22.1. The predicted molar refractivity (Wildman–Crippen MR) is 169 cm³/mol. The Hall–Kier alpha value is -4.50. The van der Waals surface area contributed by atoms with Crippen LogP contribution in [-0.2, 0) is 0 Å². The molecule has 0 unspecified atom stereocenters. The molecule has 218 valence electrons. The van der Waals surface area contributed by atoms with Crippen molar-refractivity contribution >= 4 is 63.8 Å². The molecule has 11 heteroatoms. The summed E-state index contributed by atoms with van der Waals surface area (Å²) in [6.07, 6.45) is 1.44. The number of amides is 1. The van der Waals surface area contributed by atoms with Gasteiger partial charge in [0.15, 0.2) is 11.5 Å². The molecule has 1 heterocycles. The number of H-pyrrole nitrogens is 1. The molecule has 5 rings (SSSR count). The van der Waals surface area contributed by atoms with Crippen LogP contribution in [0.1, 0.15) is 33.3 Å². The highest BCUT2D eigenvalue weighted by molar-refractivity contribution is 6.36. The molecule has 8 nitrogen and oxygen atoms in total. The summed E-state index contributed by atoms with van der Waals surface area (Å²) < 4.78 is 16.6. The van der Waals surface area contributed by atoms with Crippen molar-refractivity contribution in [2.24, 2.45) is 5.10 Å². The van der Waals surface area contributed by atoms with Gasteiger partial charge in [0.05, 0.1) is 30.5 Å². The summed E-state index contributed by atoms with van der Waals surface area (Å²) in [7, 11) is 1.44. The number of fused-ring (bicyclic) bond motifs is 1. The number of benzene rings is 4. The first-order chi connectivity index (χ1) is 20.8. The topological polar surface area (TPSA) is 102 Å². The van der Waals surface area contributed by atoms with E-state index in [0.29, 0.717) is 39.1 Å². The van der Waals surface area contributed by atoms with Crippen LogP contribution >= 0.6 is 34.8 Å². The second kappa shape index (κ2) is 13.2. The van der Waals surface area contributed by atoms with Crippen molar-refractivity contribution in [2.75, 3.05) is 13.7 Å². The average Bonchev–Trinajstić information content (AvgIpc) is 3.37. The summed E-state index contributed by atoms with van der Waals surface area (Å²) in [5.41, 5.74) is 5.64. The third-order valence-electron chi connectivity index (χ3n) is 6.37. The lowest BCUT2D eigenvalue weighted by atomic mass is 10.0. The minimum atomic E-state index is -0.672. The van der Waals surface area contributed by atoms with Crippen LogP contribution in [0.5, 0.6) is 17.2 Å². The normalized spacial score (nSPS) is 11.1. The molecule has 0 saturated carbocycles. The number of methoxy groups -OCH3 is 1. The maximum absolute atomic E-state index is 13.4. The van der Waals surface area contributed by atoms with Gasteiger partial charge in [-0.3, -0.25) is 4.79 Å². The lowest BCUT2D eigenvalue weighted by Gasteiger charge is -2.11. The highest BCUT2D eigenvalue weighted by atomic mass is 35.5.